The van der Waals surface area contributed by atoms with Gasteiger partial charge in [-0.1, -0.05) is 0 Å². The zero-order valence-corrected chi connectivity index (χ0v) is 5.37. The fraction of sp³-hybridized carbons (Fsp3) is 0.500. The first-order valence-corrected chi connectivity index (χ1v) is 3.80. The summed E-state index contributed by atoms with van der Waals surface area (Å²) in [5, 5.41) is 6.79. The Labute approximate surface area is 53.5 Å². The van der Waals surface area contributed by atoms with Crippen LogP contribution in [-0.2, 0) is 0 Å². The van der Waals surface area contributed by atoms with E-state index >= 15 is 0 Å². The van der Waals surface area contributed by atoms with Gasteiger partial charge in [-0.2, -0.15) is 0 Å². The lowest BCUT2D eigenvalue weighted by Crippen LogP contribution is -2.07. The van der Waals surface area contributed by atoms with E-state index in [0.29, 0.717) is 0 Å². The lowest BCUT2D eigenvalue weighted by molar-refractivity contribution is 0.845. The summed E-state index contributed by atoms with van der Waals surface area (Å²) in [6, 6.07) is 0. The number of thioether (sulfide) groups is 1. The summed E-state index contributed by atoms with van der Waals surface area (Å²) in [6.07, 6.45) is 4.81. The highest BCUT2D eigenvalue weighted by atomic mass is 32.2. The van der Waals surface area contributed by atoms with Crippen molar-refractivity contribution in [2.24, 2.45) is 5.92 Å². The molecule has 0 aromatic carbocycles. The quantitative estimate of drug-likeness (QED) is 0.574. The molecule has 2 rings (SSSR count). The summed E-state index contributed by atoms with van der Waals surface area (Å²) in [7, 11) is 0. The zero-order chi connectivity index (χ0) is 5.40. The number of rotatable bonds is 1. The summed E-state index contributed by atoms with van der Waals surface area (Å²) in [5.74, 6) is 0.898. The van der Waals surface area contributed by atoms with E-state index in [0.717, 1.165) is 5.92 Å². The molecule has 2 heteroatoms. The summed E-state index contributed by atoms with van der Waals surface area (Å²) in [6.45, 7) is 0. The van der Waals surface area contributed by atoms with Crippen molar-refractivity contribution < 1.29 is 0 Å². The van der Waals surface area contributed by atoms with Crippen molar-refractivity contribution in [1.29, 1.82) is 0 Å². The molecule has 0 atom stereocenters. The number of hydrogen-bond acceptors (Lipinski definition) is 2. The maximum atomic E-state index is 3.22. The highest BCUT2D eigenvalue weighted by Crippen LogP contribution is 2.44. The van der Waals surface area contributed by atoms with Gasteiger partial charge in [0.1, 0.15) is 5.37 Å². The van der Waals surface area contributed by atoms with Gasteiger partial charge in [0.25, 0.3) is 0 Å². The Bertz CT molecular complexity index is 110. The van der Waals surface area contributed by atoms with Gasteiger partial charge in [0, 0.05) is 6.20 Å². The molecular weight excluding hydrogens is 118 g/mol. The minimum Gasteiger partial charge on any atom is -0.373 e. The molecule has 2 aliphatic rings. The smallest absolute Gasteiger partial charge is 0.123 e. The summed E-state index contributed by atoms with van der Waals surface area (Å²) >= 11 is 1.84. The van der Waals surface area contributed by atoms with Crippen LogP contribution >= 0.6 is 11.8 Å². The van der Waals surface area contributed by atoms with E-state index in [1.165, 1.54) is 18.2 Å². The van der Waals surface area contributed by atoms with Crippen molar-refractivity contribution in [3.05, 3.63) is 17.0 Å². The first-order chi connectivity index (χ1) is 3.97. The van der Waals surface area contributed by atoms with E-state index in [1.807, 2.05) is 18.0 Å². The third-order valence-electron chi connectivity index (χ3n) is 1.44. The maximum absolute atomic E-state index is 3.22. The van der Waals surface area contributed by atoms with E-state index in [4.69, 9.17) is 0 Å². The van der Waals surface area contributed by atoms with Crippen LogP contribution in [0.4, 0.5) is 0 Å². The summed E-state index contributed by atoms with van der Waals surface area (Å²) in [5.41, 5.74) is 0. The Hall–Kier alpha value is -0.110. The first kappa shape index (κ1) is 4.74. The molecule has 0 saturated heterocycles. The van der Waals surface area contributed by atoms with Crippen molar-refractivity contribution in [3.8, 4) is 0 Å². The van der Waals surface area contributed by atoms with Crippen LogP contribution in [0.3, 0.4) is 0 Å². The van der Waals surface area contributed by atoms with E-state index in [-0.39, 0.29) is 0 Å². The molecule has 8 heavy (non-hydrogen) atoms. The second-order valence-electron chi connectivity index (χ2n) is 2.20. The van der Waals surface area contributed by atoms with Crippen LogP contribution in [0.25, 0.3) is 0 Å². The zero-order valence-electron chi connectivity index (χ0n) is 4.55. The molecule has 1 nitrogen and oxygen atoms in total. The molecule has 1 fully saturated rings. The second-order valence-corrected chi connectivity index (χ2v) is 3.15. The molecule has 1 N–H and O–H groups in total. The predicted molar refractivity (Wildman–Crippen MR) is 35.8 cm³/mol. The number of hydrogen-bond donors (Lipinski definition) is 1. The third kappa shape index (κ3) is 0.730. The van der Waals surface area contributed by atoms with Crippen LogP contribution in [-0.4, -0.2) is 0 Å². The Morgan fingerprint density at radius 2 is 2.50 bits per heavy atom. The number of nitrogens with one attached hydrogen (secondary N) is 1. The molecule has 1 saturated carbocycles. The van der Waals surface area contributed by atoms with Gasteiger partial charge in [-0.15, -0.1) is 11.8 Å². The van der Waals surface area contributed by atoms with Gasteiger partial charge >= 0.3 is 0 Å². The minimum absolute atomic E-state index is 0.898. The molecule has 1 aliphatic carbocycles. The molecule has 1 aliphatic heterocycles. The van der Waals surface area contributed by atoms with Crippen molar-refractivity contribution in [3.63, 3.8) is 0 Å². The first-order valence-electron chi connectivity index (χ1n) is 2.92. The van der Waals surface area contributed by atoms with E-state index in [2.05, 4.69) is 10.7 Å². The minimum atomic E-state index is 0.898. The lowest BCUT2D eigenvalue weighted by atomic mass is 10.4. The van der Waals surface area contributed by atoms with Crippen molar-refractivity contribution in [1.82, 2.24) is 5.32 Å². The largest absolute Gasteiger partial charge is 0.373 e. The Balaban J connectivity index is 1.90. The molecule has 1 heterocycles. The van der Waals surface area contributed by atoms with Gasteiger partial charge in [0.15, 0.2) is 0 Å². The topological polar surface area (TPSA) is 12.0 Å². The van der Waals surface area contributed by atoms with E-state index < -0.39 is 0 Å². The fourth-order valence-electron chi connectivity index (χ4n) is 0.817. The van der Waals surface area contributed by atoms with Crippen LogP contribution in [0.5, 0.6) is 0 Å². The molecule has 1 radical (unpaired) electrons. The molecule has 0 unspecified atom stereocenters. The average Bonchev–Trinajstić information content (AvgIpc) is 2.49. The Morgan fingerprint density at radius 1 is 1.62 bits per heavy atom. The van der Waals surface area contributed by atoms with Crippen LogP contribution in [0.15, 0.2) is 11.6 Å². The molecule has 0 spiro atoms. The predicted octanol–water partition coefficient (Wildman–Crippen LogP) is 1.69. The normalized spacial score (nSPS) is 28.5. The molecule has 43 valence electrons. The summed E-state index contributed by atoms with van der Waals surface area (Å²) < 4.78 is 0. The van der Waals surface area contributed by atoms with Crippen LogP contribution in [0.1, 0.15) is 12.8 Å². The molecule has 0 aromatic rings. The molecular formula is C6H8NS. The standard InChI is InChI=1S/C6H8NS/c1-2-5(1)6-7-3-4-8-6/h3-5,7H,1-2H2. The van der Waals surface area contributed by atoms with Gasteiger partial charge in [-0.05, 0) is 24.2 Å². The second kappa shape index (κ2) is 1.69. The summed E-state index contributed by atoms with van der Waals surface area (Å²) in [4.78, 5) is 0. The van der Waals surface area contributed by atoms with Crippen LogP contribution in [0.2, 0.25) is 0 Å². The Morgan fingerprint density at radius 3 is 3.00 bits per heavy atom. The molecule has 0 aromatic heterocycles. The van der Waals surface area contributed by atoms with Gasteiger partial charge in [0.2, 0.25) is 0 Å². The third-order valence-corrected chi connectivity index (χ3v) is 2.41. The highest BCUT2D eigenvalue weighted by molar-refractivity contribution is 8.05. The fourth-order valence-corrected chi connectivity index (χ4v) is 1.66. The van der Waals surface area contributed by atoms with Crippen molar-refractivity contribution >= 4 is 11.8 Å². The van der Waals surface area contributed by atoms with Crippen molar-refractivity contribution in [2.45, 2.75) is 12.8 Å². The van der Waals surface area contributed by atoms with Gasteiger partial charge in [-0.25, -0.2) is 0 Å². The van der Waals surface area contributed by atoms with E-state index in [1.54, 1.807) is 0 Å². The maximum Gasteiger partial charge on any atom is 0.123 e. The highest BCUT2D eigenvalue weighted by Gasteiger charge is 2.32. The van der Waals surface area contributed by atoms with Gasteiger partial charge < -0.3 is 5.32 Å². The van der Waals surface area contributed by atoms with Crippen LogP contribution in [0, 0.1) is 11.3 Å². The molecule has 0 bridgehead atoms. The van der Waals surface area contributed by atoms with Gasteiger partial charge in [-0.3, -0.25) is 0 Å². The van der Waals surface area contributed by atoms with E-state index in [9.17, 15) is 0 Å². The van der Waals surface area contributed by atoms with Gasteiger partial charge in [0.05, 0.1) is 0 Å². The van der Waals surface area contributed by atoms with Crippen molar-refractivity contribution in [2.75, 3.05) is 0 Å². The average molecular weight is 126 g/mol. The monoisotopic (exact) mass is 126 g/mol. The SMILES string of the molecule is C1=CS[C](C2CC2)N1. The lowest BCUT2D eigenvalue weighted by Gasteiger charge is -2.03. The molecule has 0 amide bonds. The van der Waals surface area contributed by atoms with Crippen LogP contribution < -0.4 is 5.32 Å². The Kier molecular flexibility index (Phi) is 1.00.